The summed E-state index contributed by atoms with van der Waals surface area (Å²) in [5.74, 6) is 0.292. The van der Waals surface area contributed by atoms with Crippen LogP contribution in [0, 0.1) is 19.8 Å². The van der Waals surface area contributed by atoms with Gasteiger partial charge in [-0.1, -0.05) is 32.9 Å². The summed E-state index contributed by atoms with van der Waals surface area (Å²) >= 11 is 0. The third-order valence-corrected chi connectivity index (χ3v) is 4.71. The van der Waals surface area contributed by atoms with Crippen molar-refractivity contribution in [3.05, 3.63) is 34.4 Å². The number of hydrogen-bond acceptors (Lipinski definition) is 2. The zero-order valence-corrected chi connectivity index (χ0v) is 14.2. The Labute approximate surface area is 129 Å². The number of benzene rings is 1. The molecule has 0 bridgehead atoms. The second-order valence-corrected chi connectivity index (χ2v) is 7.59. The van der Waals surface area contributed by atoms with Gasteiger partial charge in [0, 0.05) is 12.5 Å². The number of aliphatic hydroxyl groups is 1. The van der Waals surface area contributed by atoms with Gasteiger partial charge in [0.2, 0.25) is 0 Å². The second kappa shape index (κ2) is 6.50. The van der Waals surface area contributed by atoms with Crippen molar-refractivity contribution in [3.63, 3.8) is 0 Å². The van der Waals surface area contributed by atoms with Gasteiger partial charge < -0.3 is 9.84 Å². The van der Waals surface area contributed by atoms with Gasteiger partial charge in [0.05, 0.1) is 12.7 Å². The van der Waals surface area contributed by atoms with Gasteiger partial charge in [-0.25, -0.2) is 0 Å². The molecule has 0 saturated carbocycles. The third-order valence-electron chi connectivity index (χ3n) is 4.71. The van der Waals surface area contributed by atoms with Crippen LogP contribution in [0.15, 0.2) is 12.1 Å². The van der Waals surface area contributed by atoms with Crippen LogP contribution in [-0.2, 0) is 16.6 Å². The lowest BCUT2D eigenvalue weighted by Gasteiger charge is -2.28. The van der Waals surface area contributed by atoms with Gasteiger partial charge in [0.25, 0.3) is 0 Å². The standard InChI is InChI=1S/C19H30O2/c1-13-9-16(19(3,4)5)10-14(2)17(13)11-18(20)15-7-6-8-21-12-15/h9-10,15,18,20H,6-8,11-12H2,1-5H3. The van der Waals surface area contributed by atoms with Gasteiger partial charge in [0.1, 0.15) is 0 Å². The van der Waals surface area contributed by atoms with Crippen LogP contribution in [0.1, 0.15) is 55.9 Å². The Balaban J connectivity index is 2.16. The molecule has 2 unspecified atom stereocenters. The molecule has 118 valence electrons. The fourth-order valence-corrected chi connectivity index (χ4v) is 3.19. The maximum absolute atomic E-state index is 10.5. The second-order valence-electron chi connectivity index (χ2n) is 7.59. The summed E-state index contributed by atoms with van der Waals surface area (Å²) in [5, 5.41) is 10.5. The molecule has 21 heavy (non-hydrogen) atoms. The van der Waals surface area contributed by atoms with E-state index in [2.05, 4.69) is 46.8 Å². The molecule has 0 spiro atoms. The largest absolute Gasteiger partial charge is 0.392 e. The van der Waals surface area contributed by atoms with E-state index in [4.69, 9.17) is 4.74 Å². The lowest BCUT2D eigenvalue weighted by Crippen LogP contribution is -2.31. The monoisotopic (exact) mass is 290 g/mol. The van der Waals surface area contributed by atoms with Crippen LogP contribution in [-0.4, -0.2) is 24.4 Å². The van der Waals surface area contributed by atoms with Crippen molar-refractivity contribution >= 4 is 0 Å². The maximum Gasteiger partial charge on any atom is 0.0630 e. The van der Waals surface area contributed by atoms with E-state index in [-0.39, 0.29) is 11.5 Å². The maximum atomic E-state index is 10.5. The average molecular weight is 290 g/mol. The Morgan fingerprint density at radius 3 is 2.33 bits per heavy atom. The zero-order valence-electron chi connectivity index (χ0n) is 14.2. The summed E-state index contributed by atoms with van der Waals surface area (Å²) in [5.41, 5.74) is 5.45. The molecule has 1 aromatic carbocycles. The predicted molar refractivity (Wildman–Crippen MR) is 87.9 cm³/mol. The van der Waals surface area contributed by atoms with E-state index in [1.165, 1.54) is 22.3 Å². The van der Waals surface area contributed by atoms with E-state index < -0.39 is 0 Å². The van der Waals surface area contributed by atoms with Crippen molar-refractivity contribution in [2.75, 3.05) is 13.2 Å². The van der Waals surface area contributed by atoms with E-state index in [9.17, 15) is 5.11 Å². The van der Waals surface area contributed by atoms with Crippen LogP contribution in [0.2, 0.25) is 0 Å². The number of rotatable bonds is 3. The van der Waals surface area contributed by atoms with Crippen LogP contribution < -0.4 is 0 Å². The molecular weight excluding hydrogens is 260 g/mol. The van der Waals surface area contributed by atoms with E-state index in [0.717, 1.165) is 25.9 Å². The van der Waals surface area contributed by atoms with Crippen molar-refractivity contribution in [2.45, 2.75) is 65.4 Å². The van der Waals surface area contributed by atoms with Gasteiger partial charge in [-0.15, -0.1) is 0 Å². The zero-order chi connectivity index (χ0) is 15.6. The molecule has 2 atom stereocenters. The molecule has 2 heteroatoms. The number of aliphatic hydroxyl groups excluding tert-OH is 1. The van der Waals surface area contributed by atoms with Gasteiger partial charge in [-0.05, 0) is 60.8 Å². The summed E-state index contributed by atoms with van der Waals surface area (Å²) in [6, 6.07) is 4.57. The molecule has 1 aliphatic rings. The fourth-order valence-electron chi connectivity index (χ4n) is 3.19. The van der Waals surface area contributed by atoms with Crippen LogP contribution in [0.25, 0.3) is 0 Å². The molecule has 0 radical (unpaired) electrons. The van der Waals surface area contributed by atoms with Crippen LogP contribution >= 0.6 is 0 Å². The molecule has 1 saturated heterocycles. The van der Waals surface area contributed by atoms with E-state index in [1.807, 2.05) is 0 Å². The molecule has 2 rings (SSSR count). The highest BCUT2D eigenvalue weighted by Crippen LogP contribution is 2.29. The van der Waals surface area contributed by atoms with Gasteiger partial charge in [-0.2, -0.15) is 0 Å². The first kappa shape index (κ1) is 16.5. The van der Waals surface area contributed by atoms with E-state index in [1.54, 1.807) is 0 Å². The van der Waals surface area contributed by atoms with Crippen molar-refractivity contribution in [2.24, 2.45) is 5.92 Å². The Hall–Kier alpha value is -0.860. The van der Waals surface area contributed by atoms with Crippen LogP contribution in [0.5, 0.6) is 0 Å². The van der Waals surface area contributed by atoms with Crippen molar-refractivity contribution in [3.8, 4) is 0 Å². The summed E-state index contributed by atoms with van der Waals surface area (Å²) in [4.78, 5) is 0. The van der Waals surface area contributed by atoms with Gasteiger partial charge >= 0.3 is 0 Å². The number of hydrogen-bond donors (Lipinski definition) is 1. The molecule has 0 aromatic heterocycles. The highest BCUT2D eigenvalue weighted by Gasteiger charge is 2.24. The molecule has 2 nitrogen and oxygen atoms in total. The van der Waals surface area contributed by atoms with Crippen molar-refractivity contribution < 1.29 is 9.84 Å². The molecular formula is C19H30O2. The Morgan fingerprint density at radius 1 is 1.24 bits per heavy atom. The normalized spacial score (nSPS) is 21.3. The molecule has 0 aliphatic carbocycles. The van der Waals surface area contributed by atoms with Crippen LogP contribution in [0.4, 0.5) is 0 Å². The molecule has 1 fully saturated rings. The molecule has 1 aliphatic heterocycles. The minimum Gasteiger partial charge on any atom is -0.392 e. The highest BCUT2D eigenvalue weighted by molar-refractivity contribution is 5.40. The highest BCUT2D eigenvalue weighted by atomic mass is 16.5. The summed E-state index contributed by atoms with van der Waals surface area (Å²) in [6.07, 6.45) is 2.61. The minimum absolute atomic E-state index is 0.171. The Bertz CT molecular complexity index is 456. The number of ether oxygens (including phenoxy) is 1. The lowest BCUT2D eigenvalue weighted by molar-refractivity contribution is -0.00857. The smallest absolute Gasteiger partial charge is 0.0630 e. The topological polar surface area (TPSA) is 29.5 Å². The molecule has 1 N–H and O–H groups in total. The fraction of sp³-hybridized carbons (Fsp3) is 0.684. The Kier molecular flexibility index (Phi) is 5.11. The first-order valence-electron chi connectivity index (χ1n) is 8.15. The van der Waals surface area contributed by atoms with Crippen molar-refractivity contribution in [1.29, 1.82) is 0 Å². The van der Waals surface area contributed by atoms with E-state index in [0.29, 0.717) is 12.5 Å². The van der Waals surface area contributed by atoms with Crippen LogP contribution in [0.3, 0.4) is 0 Å². The summed E-state index contributed by atoms with van der Waals surface area (Å²) < 4.78 is 5.51. The average Bonchev–Trinajstić information content (AvgIpc) is 2.42. The molecule has 1 aromatic rings. The quantitative estimate of drug-likeness (QED) is 0.914. The van der Waals surface area contributed by atoms with E-state index >= 15 is 0 Å². The molecule has 1 heterocycles. The third kappa shape index (κ3) is 4.08. The Morgan fingerprint density at radius 2 is 1.86 bits per heavy atom. The van der Waals surface area contributed by atoms with Gasteiger partial charge in [-0.3, -0.25) is 0 Å². The van der Waals surface area contributed by atoms with Crippen molar-refractivity contribution in [1.82, 2.24) is 0 Å². The first-order valence-corrected chi connectivity index (χ1v) is 8.15. The first-order chi connectivity index (χ1) is 9.79. The minimum atomic E-state index is -0.289. The SMILES string of the molecule is Cc1cc(C(C)(C)C)cc(C)c1CC(O)C1CCCOC1. The summed E-state index contributed by atoms with van der Waals surface area (Å²) in [7, 11) is 0. The number of aryl methyl sites for hydroxylation is 2. The lowest BCUT2D eigenvalue weighted by atomic mass is 9.82. The molecule has 0 amide bonds. The van der Waals surface area contributed by atoms with Gasteiger partial charge in [0.15, 0.2) is 0 Å². The predicted octanol–water partition coefficient (Wildman–Crippen LogP) is 3.93. The summed E-state index contributed by atoms with van der Waals surface area (Å²) in [6.45, 7) is 12.6.